The number of aromatic carboxylic acids is 2. The van der Waals surface area contributed by atoms with Gasteiger partial charge in [-0.1, -0.05) is 13.8 Å². The van der Waals surface area contributed by atoms with E-state index in [-0.39, 0.29) is 31.6 Å². The molecule has 0 aliphatic heterocycles. The number of esters is 2. The van der Waals surface area contributed by atoms with Crippen molar-refractivity contribution < 1.29 is 48.8 Å². The summed E-state index contributed by atoms with van der Waals surface area (Å²) in [4.78, 5) is 56.6. The van der Waals surface area contributed by atoms with E-state index in [4.69, 9.17) is 24.8 Å². The molecule has 10 heteroatoms. The molecule has 0 fully saturated rings. The van der Waals surface area contributed by atoms with Gasteiger partial charge in [0.2, 0.25) is 0 Å². The highest BCUT2D eigenvalue weighted by molar-refractivity contribution is 6.03. The Morgan fingerprint density at radius 3 is 1.97 bits per heavy atom. The van der Waals surface area contributed by atoms with Crippen LogP contribution in [-0.4, -0.2) is 58.4 Å². The number of hydrogen-bond donors (Lipinski definition) is 3. The minimum atomic E-state index is -1.49. The van der Waals surface area contributed by atoms with Crippen molar-refractivity contribution in [2.75, 3.05) is 13.2 Å². The molecule has 3 N–H and O–H groups in total. The molecule has 1 aromatic carbocycles. The lowest BCUT2D eigenvalue weighted by Gasteiger charge is -2.23. The predicted molar refractivity (Wildman–Crippen MR) is 101 cm³/mol. The fraction of sp³-hybridized carbons (Fsp3) is 0.450. The van der Waals surface area contributed by atoms with E-state index in [1.54, 1.807) is 13.8 Å². The first-order valence-corrected chi connectivity index (χ1v) is 9.08. The van der Waals surface area contributed by atoms with E-state index >= 15 is 0 Å². The van der Waals surface area contributed by atoms with Crippen molar-refractivity contribution in [2.24, 2.45) is 5.41 Å². The number of benzene rings is 1. The summed E-state index contributed by atoms with van der Waals surface area (Å²) in [5.74, 6) is -5.19. The molecule has 30 heavy (non-hydrogen) atoms. The standard InChI is InChI=1S/C20H24O10/c1-20(2,10-29-16(23)6-4-3-5-15(21)22)11-30-19(28)12-7-8-13(17(24)25)14(9-12)18(26)27/h7-9H,3-6,10-11H2,1-2H3,(H,21,22)(H,24,25)(H,26,27). The van der Waals surface area contributed by atoms with Crippen LogP contribution in [0.3, 0.4) is 0 Å². The zero-order valence-electron chi connectivity index (χ0n) is 16.7. The lowest BCUT2D eigenvalue weighted by molar-refractivity contribution is -0.148. The van der Waals surface area contributed by atoms with Gasteiger partial charge < -0.3 is 24.8 Å². The van der Waals surface area contributed by atoms with E-state index in [0.717, 1.165) is 18.2 Å². The molecular formula is C20H24O10. The molecule has 10 nitrogen and oxygen atoms in total. The van der Waals surface area contributed by atoms with Crippen LogP contribution in [0.5, 0.6) is 0 Å². The molecule has 0 aliphatic carbocycles. The first kappa shape index (κ1) is 24.6. The highest BCUT2D eigenvalue weighted by atomic mass is 16.5. The Bertz CT molecular complexity index is 825. The highest BCUT2D eigenvalue weighted by Crippen LogP contribution is 2.19. The summed E-state index contributed by atoms with van der Waals surface area (Å²) in [6.07, 6.45) is 0.812. The maximum Gasteiger partial charge on any atom is 0.338 e. The minimum Gasteiger partial charge on any atom is -0.481 e. The largest absolute Gasteiger partial charge is 0.481 e. The number of rotatable bonds is 12. The molecule has 0 aromatic heterocycles. The van der Waals surface area contributed by atoms with Gasteiger partial charge >= 0.3 is 29.8 Å². The Morgan fingerprint density at radius 2 is 1.40 bits per heavy atom. The molecule has 0 amide bonds. The quantitative estimate of drug-likeness (QED) is 0.335. The lowest BCUT2D eigenvalue weighted by atomic mass is 9.96. The summed E-state index contributed by atoms with van der Waals surface area (Å²) in [6, 6.07) is 3.10. The monoisotopic (exact) mass is 424 g/mol. The molecule has 0 unspecified atom stereocenters. The van der Waals surface area contributed by atoms with Crippen molar-refractivity contribution in [1.82, 2.24) is 0 Å². The van der Waals surface area contributed by atoms with Gasteiger partial charge in [0.05, 0.1) is 29.9 Å². The van der Waals surface area contributed by atoms with E-state index in [9.17, 15) is 24.0 Å². The first-order chi connectivity index (χ1) is 13.9. The summed E-state index contributed by atoms with van der Waals surface area (Å²) < 4.78 is 10.3. The Balaban J connectivity index is 2.57. The molecule has 1 aromatic rings. The molecular weight excluding hydrogens is 400 g/mol. The molecule has 0 saturated heterocycles. The normalized spacial score (nSPS) is 10.9. The van der Waals surface area contributed by atoms with Gasteiger partial charge in [-0.25, -0.2) is 14.4 Å². The van der Waals surface area contributed by atoms with E-state index in [1.165, 1.54) is 0 Å². The van der Waals surface area contributed by atoms with Gasteiger partial charge in [-0.3, -0.25) is 9.59 Å². The third-order valence-corrected chi connectivity index (χ3v) is 3.96. The number of ether oxygens (including phenoxy) is 2. The third kappa shape index (κ3) is 8.29. The van der Waals surface area contributed by atoms with Gasteiger partial charge in [0.1, 0.15) is 0 Å². The molecule has 1 rings (SSSR count). The Morgan fingerprint density at radius 1 is 0.833 bits per heavy atom. The zero-order chi connectivity index (χ0) is 22.9. The molecule has 0 saturated carbocycles. The van der Waals surface area contributed by atoms with Crippen LogP contribution in [0.1, 0.15) is 70.6 Å². The Labute approximate surface area is 172 Å². The van der Waals surface area contributed by atoms with Crippen LogP contribution >= 0.6 is 0 Å². The summed E-state index contributed by atoms with van der Waals surface area (Å²) in [5, 5.41) is 26.7. The second kappa shape index (κ2) is 10.9. The second-order valence-electron chi connectivity index (χ2n) is 7.37. The number of carbonyl (C=O) groups excluding carboxylic acids is 2. The topological polar surface area (TPSA) is 164 Å². The summed E-state index contributed by atoms with van der Waals surface area (Å²) in [7, 11) is 0. The van der Waals surface area contributed by atoms with Gasteiger partial charge in [-0.05, 0) is 31.0 Å². The fourth-order valence-corrected chi connectivity index (χ4v) is 2.31. The molecule has 0 bridgehead atoms. The van der Waals surface area contributed by atoms with Gasteiger partial charge in [0.15, 0.2) is 0 Å². The highest BCUT2D eigenvalue weighted by Gasteiger charge is 2.24. The average molecular weight is 424 g/mol. The van der Waals surface area contributed by atoms with Crippen LogP contribution in [0, 0.1) is 5.41 Å². The first-order valence-electron chi connectivity index (χ1n) is 9.08. The molecule has 0 aliphatic rings. The Hall–Kier alpha value is -3.43. The minimum absolute atomic E-state index is 0.0221. The summed E-state index contributed by atoms with van der Waals surface area (Å²) in [6.45, 7) is 3.19. The maximum atomic E-state index is 12.2. The van der Waals surface area contributed by atoms with Crippen molar-refractivity contribution in [3.8, 4) is 0 Å². The summed E-state index contributed by atoms with van der Waals surface area (Å²) in [5.41, 5.74) is -1.84. The van der Waals surface area contributed by atoms with Crippen molar-refractivity contribution >= 4 is 29.8 Å². The number of carbonyl (C=O) groups is 5. The van der Waals surface area contributed by atoms with Crippen molar-refractivity contribution in [1.29, 1.82) is 0 Å². The maximum absolute atomic E-state index is 12.2. The lowest BCUT2D eigenvalue weighted by Crippen LogP contribution is -2.28. The third-order valence-electron chi connectivity index (χ3n) is 3.96. The van der Waals surface area contributed by atoms with Crippen LogP contribution in [0.25, 0.3) is 0 Å². The van der Waals surface area contributed by atoms with Gasteiger partial charge in [-0.2, -0.15) is 0 Å². The fourth-order valence-electron chi connectivity index (χ4n) is 2.31. The predicted octanol–water partition coefficient (Wildman–Crippen LogP) is 2.45. The van der Waals surface area contributed by atoms with Gasteiger partial charge in [0, 0.05) is 18.3 Å². The van der Waals surface area contributed by atoms with Crippen LogP contribution in [0.15, 0.2) is 18.2 Å². The van der Waals surface area contributed by atoms with Gasteiger partial charge in [0.25, 0.3) is 0 Å². The second-order valence-corrected chi connectivity index (χ2v) is 7.37. The van der Waals surface area contributed by atoms with Crippen LogP contribution in [0.2, 0.25) is 0 Å². The number of hydrogen-bond acceptors (Lipinski definition) is 7. The van der Waals surface area contributed by atoms with Crippen LogP contribution < -0.4 is 0 Å². The van der Waals surface area contributed by atoms with Crippen LogP contribution in [0.4, 0.5) is 0 Å². The zero-order valence-corrected chi connectivity index (χ0v) is 16.7. The number of carboxylic acid groups (broad SMARTS) is 3. The SMILES string of the molecule is CC(C)(COC(=O)CCCCC(=O)O)COC(=O)c1ccc(C(=O)O)c(C(=O)O)c1. The van der Waals surface area contributed by atoms with E-state index < -0.39 is 46.4 Å². The van der Waals surface area contributed by atoms with E-state index in [1.807, 2.05) is 0 Å². The van der Waals surface area contributed by atoms with Crippen molar-refractivity contribution in [2.45, 2.75) is 39.5 Å². The molecule has 0 atom stereocenters. The molecule has 0 radical (unpaired) electrons. The van der Waals surface area contributed by atoms with Crippen LogP contribution in [-0.2, 0) is 19.1 Å². The number of carboxylic acids is 3. The number of aliphatic carboxylic acids is 1. The van der Waals surface area contributed by atoms with E-state index in [0.29, 0.717) is 12.8 Å². The number of unbranched alkanes of at least 4 members (excludes halogenated alkanes) is 1. The van der Waals surface area contributed by atoms with E-state index in [2.05, 4.69) is 0 Å². The average Bonchev–Trinajstić information content (AvgIpc) is 2.67. The summed E-state index contributed by atoms with van der Waals surface area (Å²) >= 11 is 0. The molecule has 0 heterocycles. The molecule has 0 spiro atoms. The Kier molecular flexibility index (Phi) is 8.97. The smallest absolute Gasteiger partial charge is 0.338 e. The molecule has 164 valence electrons. The van der Waals surface area contributed by atoms with Gasteiger partial charge in [-0.15, -0.1) is 0 Å². The van der Waals surface area contributed by atoms with Crippen molar-refractivity contribution in [3.05, 3.63) is 34.9 Å². The van der Waals surface area contributed by atoms with Crippen molar-refractivity contribution in [3.63, 3.8) is 0 Å².